The quantitative estimate of drug-likeness (QED) is 0.456. The van der Waals surface area contributed by atoms with Crippen molar-refractivity contribution in [2.75, 3.05) is 0 Å². The van der Waals surface area contributed by atoms with Crippen molar-refractivity contribution < 1.29 is 0 Å². The minimum atomic E-state index is 0.665. The molecule has 4 rings (SSSR count). The number of aromatic nitrogens is 3. The summed E-state index contributed by atoms with van der Waals surface area (Å²) in [7, 11) is 0. The van der Waals surface area contributed by atoms with Gasteiger partial charge in [-0.1, -0.05) is 82.7 Å². The van der Waals surface area contributed by atoms with Crippen LogP contribution >= 0.6 is 15.9 Å². The Hall–Kier alpha value is -2.85. The first-order valence-electron chi connectivity index (χ1n) is 7.90. The van der Waals surface area contributed by atoms with E-state index in [2.05, 4.69) is 55.1 Å². The molecule has 0 aliphatic carbocycles. The fraction of sp³-hybridized carbons (Fsp3) is 0. The Morgan fingerprint density at radius 2 is 1.16 bits per heavy atom. The van der Waals surface area contributed by atoms with Crippen molar-refractivity contribution >= 4 is 15.9 Å². The van der Waals surface area contributed by atoms with Crippen LogP contribution in [0.3, 0.4) is 0 Å². The normalized spacial score (nSPS) is 10.6. The highest BCUT2D eigenvalue weighted by molar-refractivity contribution is 9.10. The van der Waals surface area contributed by atoms with Crippen LogP contribution in [0.15, 0.2) is 89.7 Å². The Balaban J connectivity index is 1.67. The van der Waals surface area contributed by atoms with Crippen LogP contribution in [0.2, 0.25) is 0 Å². The third-order valence-corrected chi connectivity index (χ3v) is 4.40. The molecule has 1 heterocycles. The van der Waals surface area contributed by atoms with Gasteiger partial charge in [-0.05, 0) is 23.3 Å². The highest BCUT2D eigenvalue weighted by Crippen LogP contribution is 2.24. The minimum absolute atomic E-state index is 0.665. The van der Waals surface area contributed by atoms with E-state index in [4.69, 9.17) is 0 Å². The molecule has 0 saturated carbocycles. The number of benzene rings is 3. The minimum Gasteiger partial charge on any atom is -0.217 e. The molecule has 0 bridgehead atoms. The smallest absolute Gasteiger partial charge is 0.163 e. The van der Waals surface area contributed by atoms with Crippen molar-refractivity contribution in [2.45, 2.75) is 0 Å². The summed E-state index contributed by atoms with van der Waals surface area (Å²) in [6.45, 7) is 0. The van der Waals surface area contributed by atoms with Gasteiger partial charge in [-0.3, -0.25) is 0 Å². The zero-order chi connectivity index (χ0) is 17.1. The van der Waals surface area contributed by atoms with E-state index in [1.165, 1.54) is 11.1 Å². The summed E-state index contributed by atoms with van der Waals surface area (Å²) < 4.78 is 0.999. The summed E-state index contributed by atoms with van der Waals surface area (Å²) in [6.07, 6.45) is 1.56. The van der Waals surface area contributed by atoms with E-state index in [0.29, 0.717) is 11.6 Å². The van der Waals surface area contributed by atoms with Gasteiger partial charge in [0.2, 0.25) is 0 Å². The predicted octanol–water partition coefficient (Wildman–Crippen LogP) is 5.64. The standard InChI is InChI=1S/C21H14BrN3/c22-19-8-4-7-18(13-19)21-24-14-23-20(25-21)17-11-9-16(10-12-17)15-5-2-1-3-6-15/h1-14H. The molecular formula is C21H14BrN3. The van der Waals surface area contributed by atoms with Gasteiger partial charge in [0.25, 0.3) is 0 Å². The lowest BCUT2D eigenvalue weighted by atomic mass is 10.0. The Morgan fingerprint density at radius 1 is 0.560 bits per heavy atom. The molecule has 0 saturated heterocycles. The van der Waals surface area contributed by atoms with Crippen LogP contribution < -0.4 is 0 Å². The number of halogens is 1. The summed E-state index contributed by atoms with van der Waals surface area (Å²) in [6, 6.07) is 26.5. The van der Waals surface area contributed by atoms with Gasteiger partial charge in [-0.15, -0.1) is 0 Å². The van der Waals surface area contributed by atoms with Gasteiger partial charge in [-0.2, -0.15) is 0 Å². The first-order chi connectivity index (χ1) is 12.3. The number of nitrogens with zero attached hydrogens (tertiary/aromatic N) is 3. The second-order valence-corrected chi connectivity index (χ2v) is 6.50. The molecule has 0 atom stereocenters. The summed E-state index contributed by atoms with van der Waals surface area (Å²) in [5.41, 5.74) is 4.29. The zero-order valence-electron chi connectivity index (χ0n) is 13.3. The number of rotatable bonds is 3. The fourth-order valence-electron chi connectivity index (χ4n) is 2.64. The van der Waals surface area contributed by atoms with Crippen molar-refractivity contribution in [2.24, 2.45) is 0 Å². The molecule has 4 heteroatoms. The third kappa shape index (κ3) is 3.49. The van der Waals surface area contributed by atoms with Crippen LogP contribution in [0, 0.1) is 0 Å². The second-order valence-electron chi connectivity index (χ2n) is 5.59. The van der Waals surface area contributed by atoms with Crippen molar-refractivity contribution in [1.82, 2.24) is 15.0 Å². The van der Waals surface area contributed by atoms with E-state index >= 15 is 0 Å². The van der Waals surface area contributed by atoms with Crippen LogP contribution in [-0.2, 0) is 0 Å². The maximum absolute atomic E-state index is 4.61. The average Bonchev–Trinajstić information content (AvgIpc) is 2.69. The molecule has 4 aromatic rings. The van der Waals surface area contributed by atoms with E-state index in [-0.39, 0.29) is 0 Å². The van der Waals surface area contributed by atoms with Gasteiger partial charge in [0, 0.05) is 15.6 Å². The van der Waals surface area contributed by atoms with Crippen molar-refractivity contribution in [3.8, 4) is 33.9 Å². The molecule has 0 fully saturated rings. The second kappa shape index (κ2) is 6.95. The summed E-state index contributed by atoms with van der Waals surface area (Å²) in [5.74, 6) is 1.34. The molecule has 1 aromatic heterocycles. The van der Waals surface area contributed by atoms with Crippen LogP contribution in [0.4, 0.5) is 0 Å². The topological polar surface area (TPSA) is 38.7 Å². The zero-order valence-corrected chi connectivity index (χ0v) is 14.9. The van der Waals surface area contributed by atoms with Gasteiger partial charge < -0.3 is 0 Å². The lowest BCUT2D eigenvalue weighted by molar-refractivity contribution is 1.06. The van der Waals surface area contributed by atoms with Crippen molar-refractivity contribution in [1.29, 1.82) is 0 Å². The largest absolute Gasteiger partial charge is 0.217 e. The first-order valence-corrected chi connectivity index (χ1v) is 8.70. The van der Waals surface area contributed by atoms with Crippen LogP contribution in [-0.4, -0.2) is 15.0 Å². The molecule has 120 valence electrons. The maximum Gasteiger partial charge on any atom is 0.163 e. The van der Waals surface area contributed by atoms with E-state index in [0.717, 1.165) is 15.6 Å². The third-order valence-electron chi connectivity index (χ3n) is 3.90. The molecule has 0 radical (unpaired) electrons. The van der Waals surface area contributed by atoms with E-state index in [1.807, 2.05) is 54.6 Å². The molecule has 3 nitrogen and oxygen atoms in total. The van der Waals surface area contributed by atoms with E-state index in [1.54, 1.807) is 6.33 Å². The Morgan fingerprint density at radius 3 is 1.88 bits per heavy atom. The van der Waals surface area contributed by atoms with Crippen LogP contribution in [0.25, 0.3) is 33.9 Å². The van der Waals surface area contributed by atoms with Gasteiger partial charge in [0.1, 0.15) is 6.33 Å². The summed E-state index contributed by atoms with van der Waals surface area (Å²) >= 11 is 3.48. The molecule has 0 aliphatic heterocycles. The van der Waals surface area contributed by atoms with Gasteiger partial charge >= 0.3 is 0 Å². The number of hydrogen-bond donors (Lipinski definition) is 0. The lowest BCUT2D eigenvalue weighted by Crippen LogP contribution is -1.95. The Kier molecular flexibility index (Phi) is 4.36. The van der Waals surface area contributed by atoms with Gasteiger partial charge in [0.15, 0.2) is 11.6 Å². The fourth-order valence-corrected chi connectivity index (χ4v) is 3.04. The highest BCUT2D eigenvalue weighted by Gasteiger charge is 2.07. The molecule has 0 unspecified atom stereocenters. The predicted molar refractivity (Wildman–Crippen MR) is 104 cm³/mol. The SMILES string of the molecule is Brc1cccc(-c2ncnc(-c3ccc(-c4ccccc4)cc3)n2)c1. The molecule has 0 N–H and O–H groups in total. The van der Waals surface area contributed by atoms with E-state index < -0.39 is 0 Å². The lowest BCUT2D eigenvalue weighted by Gasteiger charge is -2.05. The van der Waals surface area contributed by atoms with Crippen molar-refractivity contribution in [3.63, 3.8) is 0 Å². The first kappa shape index (κ1) is 15.7. The Labute approximate surface area is 154 Å². The monoisotopic (exact) mass is 387 g/mol. The van der Waals surface area contributed by atoms with E-state index in [9.17, 15) is 0 Å². The molecule has 3 aromatic carbocycles. The molecule has 0 aliphatic rings. The van der Waals surface area contributed by atoms with Gasteiger partial charge in [-0.25, -0.2) is 15.0 Å². The van der Waals surface area contributed by atoms with Gasteiger partial charge in [0.05, 0.1) is 0 Å². The summed E-state index contributed by atoms with van der Waals surface area (Å²) in [5, 5.41) is 0. The number of hydrogen-bond acceptors (Lipinski definition) is 3. The molecule has 0 amide bonds. The Bertz CT molecular complexity index is 999. The molecule has 0 spiro atoms. The molecular weight excluding hydrogens is 374 g/mol. The van der Waals surface area contributed by atoms with Crippen molar-refractivity contribution in [3.05, 3.63) is 89.7 Å². The molecule has 25 heavy (non-hydrogen) atoms. The maximum atomic E-state index is 4.61. The highest BCUT2D eigenvalue weighted by atomic mass is 79.9. The summed E-state index contributed by atoms with van der Waals surface area (Å²) in [4.78, 5) is 13.2. The van der Waals surface area contributed by atoms with Crippen LogP contribution in [0.5, 0.6) is 0 Å². The van der Waals surface area contributed by atoms with Crippen LogP contribution in [0.1, 0.15) is 0 Å². The average molecular weight is 388 g/mol.